The number of hydrogen-bond donors (Lipinski definition) is 2. The second-order valence-electron chi connectivity index (χ2n) is 4.48. The summed E-state index contributed by atoms with van der Waals surface area (Å²) in [6.07, 6.45) is 0.949. The average Bonchev–Trinajstić information content (AvgIpc) is 2.39. The van der Waals surface area contributed by atoms with Gasteiger partial charge in [-0.25, -0.2) is 21.2 Å². The van der Waals surface area contributed by atoms with Gasteiger partial charge in [-0.15, -0.1) is 0 Å². The summed E-state index contributed by atoms with van der Waals surface area (Å²) in [5, 5.41) is 0. The normalized spacial score (nSPS) is 11.9. The van der Waals surface area contributed by atoms with E-state index >= 15 is 0 Å². The maximum absolute atomic E-state index is 13.2. The van der Waals surface area contributed by atoms with Crippen LogP contribution in [0, 0.1) is 5.82 Å². The molecule has 118 valence electrons. The van der Waals surface area contributed by atoms with Crippen LogP contribution in [0.1, 0.15) is 0 Å². The number of rotatable bonds is 5. The van der Waals surface area contributed by atoms with Gasteiger partial charge in [0.05, 0.1) is 22.5 Å². The molecule has 9 heteroatoms. The van der Waals surface area contributed by atoms with E-state index in [9.17, 15) is 21.2 Å². The molecule has 0 saturated carbocycles. The van der Waals surface area contributed by atoms with Gasteiger partial charge in [-0.3, -0.25) is 9.44 Å². The lowest BCUT2D eigenvalue weighted by Crippen LogP contribution is -2.16. The van der Waals surface area contributed by atoms with Crippen molar-refractivity contribution >= 4 is 31.4 Å². The summed E-state index contributed by atoms with van der Waals surface area (Å²) in [4.78, 5) is -0.262. The number of para-hydroxylation sites is 2. The van der Waals surface area contributed by atoms with Gasteiger partial charge >= 0.3 is 0 Å². The summed E-state index contributed by atoms with van der Waals surface area (Å²) in [6, 6.07) is 10.4. The predicted octanol–water partition coefficient (Wildman–Crippen LogP) is 2.00. The van der Waals surface area contributed by atoms with Crippen molar-refractivity contribution in [2.24, 2.45) is 0 Å². The number of benzene rings is 2. The maximum Gasteiger partial charge on any atom is 0.262 e. The van der Waals surface area contributed by atoms with E-state index in [0.717, 1.165) is 18.4 Å². The van der Waals surface area contributed by atoms with Crippen LogP contribution in [0.2, 0.25) is 0 Å². The van der Waals surface area contributed by atoms with E-state index in [0.29, 0.717) is 0 Å². The molecule has 2 aromatic rings. The highest BCUT2D eigenvalue weighted by Gasteiger charge is 2.17. The Kier molecular flexibility index (Phi) is 4.38. The van der Waals surface area contributed by atoms with Crippen LogP contribution >= 0.6 is 0 Å². The molecule has 0 aliphatic carbocycles. The first-order chi connectivity index (χ1) is 10.2. The first kappa shape index (κ1) is 16.2. The molecule has 2 rings (SSSR count). The monoisotopic (exact) mass is 344 g/mol. The predicted molar refractivity (Wildman–Crippen MR) is 82.1 cm³/mol. The maximum atomic E-state index is 13.2. The van der Waals surface area contributed by atoms with Gasteiger partial charge in [-0.2, -0.15) is 0 Å². The Balaban J connectivity index is 2.38. The number of sulfonamides is 2. The van der Waals surface area contributed by atoms with Crippen LogP contribution in [-0.4, -0.2) is 23.1 Å². The van der Waals surface area contributed by atoms with E-state index in [-0.39, 0.29) is 16.3 Å². The third-order valence-corrected chi connectivity index (χ3v) is 4.53. The summed E-state index contributed by atoms with van der Waals surface area (Å²) in [5.74, 6) is -0.689. The fourth-order valence-corrected chi connectivity index (χ4v) is 3.39. The molecule has 0 fully saturated rings. The van der Waals surface area contributed by atoms with Crippen LogP contribution in [0.25, 0.3) is 0 Å². The van der Waals surface area contributed by atoms with Crippen molar-refractivity contribution < 1.29 is 21.2 Å². The largest absolute Gasteiger partial charge is 0.282 e. The van der Waals surface area contributed by atoms with Gasteiger partial charge in [0.15, 0.2) is 0 Å². The minimum absolute atomic E-state index is 0.0391. The van der Waals surface area contributed by atoms with Crippen molar-refractivity contribution in [1.29, 1.82) is 0 Å². The third-order valence-electron chi connectivity index (χ3n) is 2.57. The van der Waals surface area contributed by atoms with Crippen molar-refractivity contribution in [3.8, 4) is 0 Å². The summed E-state index contributed by atoms with van der Waals surface area (Å²) in [7, 11) is -7.61. The van der Waals surface area contributed by atoms with Crippen molar-refractivity contribution in [2.75, 3.05) is 15.7 Å². The van der Waals surface area contributed by atoms with Crippen LogP contribution in [-0.2, 0) is 20.0 Å². The van der Waals surface area contributed by atoms with Gasteiger partial charge in [0, 0.05) is 0 Å². The molecule has 6 nitrogen and oxygen atoms in total. The zero-order chi connectivity index (χ0) is 16.4. The summed E-state index contributed by atoms with van der Waals surface area (Å²) in [5.41, 5.74) is 0.113. The van der Waals surface area contributed by atoms with Crippen LogP contribution in [0.3, 0.4) is 0 Å². The number of hydrogen-bond acceptors (Lipinski definition) is 4. The highest BCUT2D eigenvalue weighted by atomic mass is 32.2. The molecular weight excluding hydrogens is 331 g/mol. The zero-order valence-electron chi connectivity index (χ0n) is 11.4. The van der Waals surface area contributed by atoms with Gasteiger partial charge in [0.2, 0.25) is 10.0 Å². The Morgan fingerprint density at radius 2 is 1.45 bits per heavy atom. The van der Waals surface area contributed by atoms with Crippen LogP contribution in [0.15, 0.2) is 53.4 Å². The van der Waals surface area contributed by atoms with Gasteiger partial charge in [-0.05, 0) is 30.3 Å². The first-order valence-corrected chi connectivity index (χ1v) is 9.40. The lowest BCUT2D eigenvalue weighted by molar-refractivity contribution is 0.595. The highest BCUT2D eigenvalue weighted by Crippen LogP contribution is 2.25. The molecule has 0 unspecified atom stereocenters. The second kappa shape index (κ2) is 5.93. The molecule has 0 atom stereocenters. The van der Waals surface area contributed by atoms with Crippen LogP contribution < -0.4 is 9.44 Å². The van der Waals surface area contributed by atoms with E-state index in [1.807, 2.05) is 0 Å². The van der Waals surface area contributed by atoms with Gasteiger partial charge in [0.25, 0.3) is 10.0 Å². The van der Waals surface area contributed by atoms with Crippen molar-refractivity contribution in [2.45, 2.75) is 4.90 Å². The van der Waals surface area contributed by atoms with E-state index in [2.05, 4.69) is 9.44 Å². The van der Waals surface area contributed by atoms with E-state index in [1.165, 1.54) is 30.3 Å². The molecule has 22 heavy (non-hydrogen) atoms. The molecule has 0 aromatic heterocycles. The van der Waals surface area contributed by atoms with Crippen LogP contribution in [0.5, 0.6) is 0 Å². The molecule has 0 aliphatic rings. The average molecular weight is 344 g/mol. The van der Waals surface area contributed by atoms with Gasteiger partial charge < -0.3 is 0 Å². The van der Waals surface area contributed by atoms with Crippen molar-refractivity contribution in [3.63, 3.8) is 0 Å². The summed E-state index contributed by atoms with van der Waals surface area (Å²) < 4.78 is 64.6. The topological polar surface area (TPSA) is 92.3 Å². The Bertz CT molecular complexity index is 896. The Morgan fingerprint density at radius 3 is 2.00 bits per heavy atom. The smallest absolute Gasteiger partial charge is 0.262 e. The Morgan fingerprint density at radius 1 is 0.864 bits per heavy atom. The quantitative estimate of drug-likeness (QED) is 0.868. The molecule has 0 spiro atoms. The van der Waals surface area contributed by atoms with Crippen LogP contribution in [0.4, 0.5) is 15.8 Å². The SMILES string of the molecule is CS(=O)(=O)Nc1ccccc1NS(=O)(=O)c1cccc(F)c1. The number of anilines is 2. The standard InChI is InChI=1S/C13H13FN2O4S2/c1-21(17,18)15-12-7-2-3-8-13(12)16-22(19,20)11-6-4-5-10(14)9-11/h2-9,15-16H,1H3. The number of halogens is 1. The molecule has 0 amide bonds. The lowest BCUT2D eigenvalue weighted by Gasteiger charge is -2.13. The molecule has 2 aromatic carbocycles. The highest BCUT2D eigenvalue weighted by molar-refractivity contribution is 7.93. The molecule has 0 saturated heterocycles. The molecule has 0 bridgehead atoms. The van der Waals surface area contributed by atoms with Gasteiger partial charge in [-0.1, -0.05) is 18.2 Å². The molecule has 0 heterocycles. The minimum Gasteiger partial charge on any atom is -0.282 e. The number of nitrogens with one attached hydrogen (secondary N) is 2. The first-order valence-electron chi connectivity index (χ1n) is 6.02. The van der Waals surface area contributed by atoms with E-state index in [1.54, 1.807) is 6.07 Å². The Labute approximate surface area is 128 Å². The molecule has 2 N–H and O–H groups in total. The molecule has 0 radical (unpaired) electrons. The third kappa shape index (κ3) is 4.18. The van der Waals surface area contributed by atoms with E-state index < -0.39 is 25.9 Å². The molecular formula is C13H13FN2O4S2. The van der Waals surface area contributed by atoms with Crippen molar-refractivity contribution in [1.82, 2.24) is 0 Å². The Hall–Kier alpha value is -2.13. The summed E-state index contributed by atoms with van der Waals surface area (Å²) in [6.45, 7) is 0. The minimum atomic E-state index is -4.04. The fourth-order valence-electron chi connectivity index (χ4n) is 1.70. The zero-order valence-corrected chi connectivity index (χ0v) is 13.1. The molecule has 0 aliphatic heterocycles. The second-order valence-corrected chi connectivity index (χ2v) is 7.91. The van der Waals surface area contributed by atoms with E-state index in [4.69, 9.17) is 0 Å². The van der Waals surface area contributed by atoms with Gasteiger partial charge in [0.1, 0.15) is 5.82 Å². The van der Waals surface area contributed by atoms with Crippen molar-refractivity contribution in [3.05, 3.63) is 54.3 Å². The summed E-state index contributed by atoms with van der Waals surface area (Å²) >= 11 is 0. The fraction of sp³-hybridized carbons (Fsp3) is 0.0769. The lowest BCUT2D eigenvalue weighted by atomic mass is 10.3.